The van der Waals surface area contributed by atoms with E-state index in [0.29, 0.717) is 12.1 Å². The number of carbonyl (C=O) groups is 2. The Morgan fingerprint density at radius 3 is 2.31 bits per heavy atom. The fourth-order valence-corrected chi connectivity index (χ4v) is 3.60. The van der Waals surface area contributed by atoms with Crippen molar-refractivity contribution in [1.82, 2.24) is 5.32 Å². The van der Waals surface area contributed by atoms with Gasteiger partial charge in [0.05, 0.1) is 5.69 Å². The Bertz CT molecular complexity index is 1010. The van der Waals surface area contributed by atoms with Gasteiger partial charge in [0, 0.05) is 6.42 Å². The van der Waals surface area contributed by atoms with Crippen LogP contribution in [0, 0.1) is 13.8 Å². The van der Waals surface area contributed by atoms with Gasteiger partial charge in [0.1, 0.15) is 6.04 Å². The van der Waals surface area contributed by atoms with Gasteiger partial charge in [-0.3, -0.25) is 4.79 Å². The van der Waals surface area contributed by atoms with Gasteiger partial charge in [-0.25, -0.2) is 9.69 Å². The first kappa shape index (κ1) is 16.3. The van der Waals surface area contributed by atoms with E-state index in [-0.39, 0.29) is 11.9 Å². The summed E-state index contributed by atoms with van der Waals surface area (Å²) in [6, 6.07) is 19.1. The number of nitrogens with zero attached hydrogens (tertiary/aromatic N) is 1. The molecule has 0 aromatic heterocycles. The Hall–Kier alpha value is -3.14. The normalized spacial score (nSPS) is 17.0. The number of urea groups is 1. The third-order valence-corrected chi connectivity index (χ3v) is 4.74. The maximum atomic E-state index is 12.8. The van der Waals surface area contributed by atoms with E-state index >= 15 is 0 Å². The van der Waals surface area contributed by atoms with Crippen LogP contribution in [0.4, 0.5) is 10.5 Å². The Kier molecular flexibility index (Phi) is 3.96. The first-order chi connectivity index (χ1) is 12.5. The lowest BCUT2D eigenvalue weighted by Gasteiger charge is -2.15. The number of fused-ring (bicyclic) bond motifs is 1. The van der Waals surface area contributed by atoms with Crippen LogP contribution in [-0.2, 0) is 11.2 Å². The van der Waals surface area contributed by atoms with Gasteiger partial charge >= 0.3 is 6.03 Å². The zero-order valence-corrected chi connectivity index (χ0v) is 14.8. The van der Waals surface area contributed by atoms with Crippen LogP contribution in [-0.4, -0.2) is 18.0 Å². The average molecular weight is 344 g/mol. The highest BCUT2D eigenvalue weighted by Crippen LogP contribution is 2.24. The molecule has 0 bridgehead atoms. The van der Waals surface area contributed by atoms with Gasteiger partial charge < -0.3 is 5.32 Å². The van der Waals surface area contributed by atoms with Gasteiger partial charge in [-0.15, -0.1) is 0 Å². The van der Waals surface area contributed by atoms with Crippen molar-refractivity contribution in [2.75, 3.05) is 4.90 Å². The quantitative estimate of drug-likeness (QED) is 0.727. The van der Waals surface area contributed by atoms with E-state index in [9.17, 15) is 9.59 Å². The summed E-state index contributed by atoms with van der Waals surface area (Å²) in [6.45, 7) is 3.92. The van der Waals surface area contributed by atoms with Crippen LogP contribution < -0.4 is 10.2 Å². The van der Waals surface area contributed by atoms with Crippen molar-refractivity contribution in [2.24, 2.45) is 0 Å². The maximum absolute atomic E-state index is 12.8. The predicted octanol–water partition coefficient (Wildman–Crippen LogP) is 4.12. The fraction of sp³-hybridized carbons (Fsp3) is 0.182. The number of hydrogen-bond donors (Lipinski definition) is 1. The third kappa shape index (κ3) is 2.94. The summed E-state index contributed by atoms with van der Waals surface area (Å²) in [5.74, 6) is -0.201. The monoisotopic (exact) mass is 344 g/mol. The molecule has 0 saturated carbocycles. The Morgan fingerprint density at radius 1 is 0.885 bits per heavy atom. The van der Waals surface area contributed by atoms with E-state index in [2.05, 4.69) is 23.5 Å². The number of carbonyl (C=O) groups excluding carboxylic acids is 2. The van der Waals surface area contributed by atoms with Crippen molar-refractivity contribution in [1.29, 1.82) is 0 Å². The van der Waals surface area contributed by atoms with Gasteiger partial charge in [-0.1, -0.05) is 48.5 Å². The van der Waals surface area contributed by atoms with Gasteiger partial charge in [-0.2, -0.15) is 0 Å². The molecule has 1 saturated heterocycles. The zero-order chi connectivity index (χ0) is 18.3. The molecule has 4 heteroatoms. The molecular weight excluding hydrogens is 324 g/mol. The van der Waals surface area contributed by atoms with Crippen molar-refractivity contribution in [3.05, 3.63) is 77.4 Å². The average Bonchev–Trinajstić information content (AvgIpc) is 2.87. The molecule has 3 aromatic rings. The van der Waals surface area contributed by atoms with Crippen LogP contribution >= 0.6 is 0 Å². The third-order valence-electron chi connectivity index (χ3n) is 4.74. The molecule has 3 aromatic carbocycles. The first-order valence-electron chi connectivity index (χ1n) is 8.72. The van der Waals surface area contributed by atoms with Crippen LogP contribution in [0.2, 0.25) is 0 Å². The molecule has 4 rings (SSSR count). The summed E-state index contributed by atoms with van der Waals surface area (Å²) in [5, 5.41) is 5.12. The van der Waals surface area contributed by atoms with Gasteiger partial charge in [0.15, 0.2) is 0 Å². The van der Waals surface area contributed by atoms with E-state index in [1.165, 1.54) is 4.90 Å². The lowest BCUT2D eigenvalue weighted by atomic mass is 10.0. The second-order valence-corrected chi connectivity index (χ2v) is 6.91. The van der Waals surface area contributed by atoms with Crippen LogP contribution in [0.3, 0.4) is 0 Å². The van der Waals surface area contributed by atoms with E-state index in [1.807, 2.05) is 56.3 Å². The maximum Gasteiger partial charge on any atom is 0.329 e. The van der Waals surface area contributed by atoms with Gasteiger partial charge in [0.2, 0.25) is 0 Å². The number of aryl methyl sites for hydroxylation is 2. The minimum Gasteiger partial charge on any atom is -0.325 e. The summed E-state index contributed by atoms with van der Waals surface area (Å²) < 4.78 is 0. The number of rotatable bonds is 3. The van der Waals surface area contributed by atoms with Gasteiger partial charge in [-0.05, 0) is 53.4 Å². The molecule has 0 spiro atoms. The predicted molar refractivity (Wildman–Crippen MR) is 103 cm³/mol. The molecular formula is C22H20N2O2. The molecule has 1 aliphatic heterocycles. The van der Waals surface area contributed by atoms with Crippen molar-refractivity contribution < 1.29 is 9.59 Å². The standard InChI is InChI=1S/C22H20N2O2/c1-14-9-15(2)11-19(10-14)24-21(25)20(23-22(24)26)13-16-7-8-17-5-3-4-6-18(17)12-16/h3-12,20H,13H2,1-2H3,(H,23,26). The largest absolute Gasteiger partial charge is 0.329 e. The zero-order valence-electron chi connectivity index (χ0n) is 14.8. The van der Waals surface area contributed by atoms with Crippen molar-refractivity contribution >= 4 is 28.4 Å². The summed E-state index contributed by atoms with van der Waals surface area (Å²) in [7, 11) is 0. The van der Waals surface area contributed by atoms with Crippen LogP contribution in [0.25, 0.3) is 10.8 Å². The molecule has 1 aliphatic rings. The summed E-state index contributed by atoms with van der Waals surface area (Å²) >= 11 is 0. The molecule has 1 fully saturated rings. The number of amides is 3. The second-order valence-electron chi connectivity index (χ2n) is 6.91. The topological polar surface area (TPSA) is 49.4 Å². The lowest BCUT2D eigenvalue weighted by Crippen LogP contribution is -2.32. The van der Waals surface area contributed by atoms with Crippen LogP contribution in [0.1, 0.15) is 16.7 Å². The molecule has 1 heterocycles. The van der Waals surface area contributed by atoms with Crippen molar-refractivity contribution in [2.45, 2.75) is 26.3 Å². The molecule has 0 radical (unpaired) electrons. The number of benzene rings is 3. The molecule has 1 unspecified atom stereocenters. The van der Waals surface area contributed by atoms with Gasteiger partial charge in [0.25, 0.3) is 5.91 Å². The number of nitrogens with one attached hydrogen (secondary N) is 1. The number of imide groups is 1. The smallest absolute Gasteiger partial charge is 0.325 e. The molecule has 130 valence electrons. The van der Waals surface area contributed by atoms with E-state index in [0.717, 1.165) is 27.5 Å². The summed E-state index contributed by atoms with van der Waals surface area (Å²) in [5.41, 5.74) is 3.72. The first-order valence-corrected chi connectivity index (χ1v) is 8.72. The Labute approximate surface area is 152 Å². The molecule has 1 N–H and O–H groups in total. The Morgan fingerprint density at radius 2 is 1.58 bits per heavy atom. The highest BCUT2D eigenvalue weighted by molar-refractivity contribution is 6.21. The van der Waals surface area contributed by atoms with Crippen LogP contribution in [0.5, 0.6) is 0 Å². The number of anilines is 1. The highest BCUT2D eigenvalue weighted by Gasteiger charge is 2.39. The van der Waals surface area contributed by atoms with E-state index in [4.69, 9.17) is 0 Å². The minimum absolute atomic E-state index is 0.201. The Balaban J connectivity index is 1.60. The summed E-state index contributed by atoms with van der Waals surface area (Å²) in [4.78, 5) is 26.5. The molecule has 4 nitrogen and oxygen atoms in total. The molecule has 1 atom stereocenters. The molecule has 0 aliphatic carbocycles. The van der Waals surface area contributed by atoms with E-state index < -0.39 is 6.04 Å². The van der Waals surface area contributed by atoms with Crippen molar-refractivity contribution in [3.63, 3.8) is 0 Å². The minimum atomic E-state index is -0.538. The number of hydrogen-bond acceptors (Lipinski definition) is 2. The second kappa shape index (κ2) is 6.30. The SMILES string of the molecule is Cc1cc(C)cc(N2C(=O)NC(Cc3ccc4ccccc4c3)C2=O)c1. The van der Waals surface area contributed by atoms with E-state index in [1.54, 1.807) is 0 Å². The van der Waals surface area contributed by atoms with Crippen LogP contribution in [0.15, 0.2) is 60.7 Å². The molecule has 3 amide bonds. The summed E-state index contributed by atoms with van der Waals surface area (Å²) in [6.07, 6.45) is 0.483. The molecule has 26 heavy (non-hydrogen) atoms. The highest BCUT2D eigenvalue weighted by atomic mass is 16.2. The van der Waals surface area contributed by atoms with Crippen molar-refractivity contribution in [3.8, 4) is 0 Å². The lowest BCUT2D eigenvalue weighted by molar-refractivity contribution is -0.118. The fourth-order valence-electron chi connectivity index (χ4n) is 3.60.